The molecule has 0 unspecified atom stereocenters. The van der Waals surface area contributed by atoms with Gasteiger partial charge < -0.3 is 10.0 Å². The van der Waals surface area contributed by atoms with Gasteiger partial charge in [-0.1, -0.05) is 31.5 Å². The molecule has 0 spiro atoms. The zero-order valence-electron chi connectivity index (χ0n) is 16.8. The van der Waals surface area contributed by atoms with Crippen LogP contribution in [0.25, 0.3) is 0 Å². The molecule has 1 aliphatic rings. The van der Waals surface area contributed by atoms with E-state index in [4.69, 9.17) is 0 Å². The molecule has 0 radical (unpaired) electrons. The standard InChI is InChI=1S/C20H25F3N2O3S2/c1-3-5-17-14-24(30(27,28)18-6-4-13-29-18)11-12-25(17)16-9-7-15(8-10-16)19(2,26)20(21,22)23/h4,6-10,13,17,26H,3,5,11-12,14H2,1-2H3/t17-,19-/m0/s1. The van der Waals surface area contributed by atoms with Crippen molar-refractivity contribution in [1.29, 1.82) is 0 Å². The first-order valence-electron chi connectivity index (χ1n) is 9.68. The molecule has 1 aliphatic heterocycles. The van der Waals surface area contributed by atoms with E-state index >= 15 is 0 Å². The van der Waals surface area contributed by atoms with Crippen molar-refractivity contribution in [2.75, 3.05) is 24.5 Å². The summed E-state index contributed by atoms with van der Waals surface area (Å²) in [6.07, 6.45) is -3.19. The van der Waals surface area contributed by atoms with Crippen LogP contribution in [0.4, 0.5) is 18.9 Å². The number of thiophene rings is 1. The first-order chi connectivity index (χ1) is 14.0. The molecular weight excluding hydrogens is 437 g/mol. The molecule has 0 bridgehead atoms. The number of rotatable bonds is 6. The Kier molecular flexibility index (Phi) is 6.52. The van der Waals surface area contributed by atoms with Gasteiger partial charge in [0, 0.05) is 31.4 Å². The first-order valence-corrected chi connectivity index (χ1v) is 12.0. The average Bonchev–Trinajstić information content (AvgIpc) is 3.23. The summed E-state index contributed by atoms with van der Waals surface area (Å²) < 4.78 is 66.8. The van der Waals surface area contributed by atoms with Crippen molar-refractivity contribution >= 4 is 27.0 Å². The Hall–Kier alpha value is -1.62. The maximum absolute atomic E-state index is 13.1. The molecule has 2 heterocycles. The van der Waals surface area contributed by atoms with Crippen LogP contribution in [0.2, 0.25) is 0 Å². The fourth-order valence-electron chi connectivity index (χ4n) is 3.64. The Morgan fingerprint density at radius 3 is 2.37 bits per heavy atom. The van der Waals surface area contributed by atoms with Gasteiger partial charge in [0.1, 0.15) is 4.21 Å². The van der Waals surface area contributed by atoms with E-state index in [1.165, 1.54) is 27.8 Å². The number of nitrogens with zero attached hydrogens (tertiary/aromatic N) is 2. The van der Waals surface area contributed by atoms with Crippen molar-refractivity contribution in [3.8, 4) is 0 Å². The van der Waals surface area contributed by atoms with Crippen LogP contribution in [0, 0.1) is 0 Å². The maximum Gasteiger partial charge on any atom is 0.421 e. The van der Waals surface area contributed by atoms with E-state index in [0.29, 0.717) is 29.5 Å². The van der Waals surface area contributed by atoms with Gasteiger partial charge in [0.2, 0.25) is 0 Å². The van der Waals surface area contributed by atoms with Crippen LogP contribution in [-0.2, 0) is 15.6 Å². The highest BCUT2D eigenvalue weighted by atomic mass is 32.2. The van der Waals surface area contributed by atoms with Crippen LogP contribution in [-0.4, -0.2) is 49.7 Å². The summed E-state index contributed by atoms with van der Waals surface area (Å²) in [5, 5.41) is 11.6. The van der Waals surface area contributed by atoms with Crippen LogP contribution in [0.5, 0.6) is 0 Å². The molecule has 2 aromatic rings. The molecule has 0 saturated carbocycles. The summed E-state index contributed by atoms with van der Waals surface area (Å²) in [5.41, 5.74) is -2.45. The third-order valence-corrected chi connectivity index (χ3v) is 8.71. The van der Waals surface area contributed by atoms with Crippen LogP contribution < -0.4 is 4.90 Å². The molecule has 1 aromatic heterocycles. The van der Waals surface area contributed by atoms with Crippen molar-refractivity contribution in [1.82, 2.24) is 4.31 Å². The Morgan fingerprint density at radius 2 is 1.83 bits per heavy atom. The van der Waals surface area contributed by atoms with Gasteiger partial charge in [0.05, 0.1) is 0 Å². The molecule has 166 valence electrons. The number of alkyl halides is 3. The molecule has 5 nitrogen and oxygen atoms in total. The minimum absolute atomic E-state index is 0.0903. The maximum atomic E-state index is 13.1. The molecule has 10 heteroatoms. The quantitative estimate of drug-likeness (QED) is 0.699. The smallest absolute Gasteiger partial charge is 0.376 e. The van der Waals surface area contributed by atoms with Gasteiger partial charge in [0.25, 0.3) is 10.0 Å². The Morgan fingerprint density at radius 1 is 1.17 bits per heavy atom. The van der Waals surface area contributed by atoms with Gasteiger partial charge >= 0.3 is 6.18 Å². The van der Waals surface area contributed by atoms with Gasteiger partial charge in [0.15, 0.2) is 5.60 Å². The first kappa shape index (κ1) is 23.1. The number of aliphatic hydroxyl groups is 1. The second kappa shape index (κ2) is 8.49. The highest BCUT2D eigenvalue weighted by Gasteiger charge is 2.51. The lowest BCUT2D eigenvalue weighted by Gasteiger charge is -2.42. The van der Waals surface area contributed by atoms with Gasteiger partial charge in [-0.25, -0.2) is 8.42 Å². The van der Waals surface area contributed by atoms with Gasteiger partial charge in [-0.15, -0.1) is 11.3 Å². The van der Waals surface area contributed by atoms with Crippen LogP contribution >= 0.6 is 11.3 Å². The highest BCUT2D eigenvalue weighted by molar-refractivity contribution is 7.91. The van der Waals surface area contributed by atoms with Crippen molar-refractivity contribution in [3.05, 3.63) is 47.3 Å². The van der Waals surface area contributed by atoms with Gasteiger partial charge in [-0.2, -0.15) is 17.5 Å². The Balaban J connectivity index is 1.82. The second-order valence-electron chi connectivity index (χ2n) is 7.55. The number of piperazine rings is 1. The topological polar surface area (TPSA) is 60.9 Å². The lowest BCUT2D eigenvalue weighted by molar-refractivity contribution is -0.258. The van der Waals surface area contributed by atoms with E-state index < -0.39 is 21.8 Å². The summed E-state index contributed by atoms with van der Waals surface area (Å²) in [7, 11) is -3.55. The number of anilines is 1. The molecule has 1 fully saturated rings. The summed E-state index contributed by atoms with van der Waals surface area (Å²) in [6, 6.07) is 8.87. The molecule has 3 rings (SSSR count). The predicted molar refractivity (Wildman–Crippen MR) is 111 cm³/mol. The van der Waals surface area contributed by atoms with Crippen LogP contribution in [0.3, 0.4) is 0 Å². The minimum Gasteiger partial charge on any atom is -0.376 e. The molecule has 0 aliphatic carbocycles. The number of sulfonamides is 1. The molecule has 1 N–H and O–H groups in total. The van der Waals surface area contributed by atoms with E-state index in [1.807, 2.05) is 11.8 Å². The van der Waals surface area contributed by atoms with Crippen molar-refractivity contribution < 1.29 is 26.7 Å². The van der Waals surface area contributed by atoms with Crippen molar-refractivity contribution in [2.24, 2.45) is 0 Å². The molecular formula is C20H25F3N2O3S2. The van der Waals surface area contributed by atoms with E-state index in [0.717, 1.165) is 19.8 Å². The number of halogens is 3. The van der Waals surface area contributed by atoms with Crippen molar-refractivity contribution in [2.45, 2.75) is 48.7 Å². The largest absolute Gasteiger partial charge is 0.421 e. The predicted octanol–water partition coefficient (Wildman–Crippen LogP) is 4.20. The lowest BCUT2D eigenvalue weighted by Crippen LogP contribution is -2.54. The summed E-state index contributed by atoms with van der Waals surface area (Å²) in [5.74, 6) is 0. The fourth-order valence-corrected chi connectivity index (χ4v) is 6.26. The Bertz CT molecular complexity index is 943. The minimum atomic E-state index is -4.78. The SMILES string of the molecule is CCC[C@H]1CN(S(=O)(=O)c2cccs2)CCN1c1ccc([C@](C)(O)C(F)(F)F)cc1. The second-order valence-corrected chi connectivity index (χ2v) is 10.7. The normalized spacial score (nSPS) is 20.9. The van der Waals surface area contributed by atoms with E-state index in [9.17, 15) is 26.7 Å². The molecule has 30 heavy (non-hydrogen) atoms. The average molecular weight is 463 g/mol. The van der Waals surface area contributed by atoms with Crippen LogP contribution in [0.15, 0.2) is 46.0 Å². The molecule has 0 amide bonds. The summed E-state index contributed by atoms with van der Waals surface area (Å²) in [6.45, 7) is 3.79. The van der Waals surface area contributed by atoms with Gasteiger partial charge in [-0.3, -0.25) is 0 Å². The number of hydrogen-bond donors (Lipinski definition) is 1. The molecule has 2 atom stereocenters. The number of hydrogen-bond acceptors (Lipinski definition) is 5. The Labute approximate surface area is 178 Å². The lowest BCUT2D eigenvalue weighted by atomic mass is 9.95. The van der Waals surface area contributed by atoms with Crippen LogP contribution in [0.1, 0.15) is 32.3 Å². The highest BCUT2D eigenvalue weighted by Crippen LogP contribution is 2.39. The summed E-state index contributed by atoms with van der Waals surface area (Å²) >= 11 is 1.18. The third kappa shape index (κ3) is 4.37. The van der Waals surface area contributed by atoms with Gasteiger partial charge in [-0.05, 0) is 42.5 Å². The monoisotopic (exact) mass is 462 g/mol. The van der Waals surface area contributed by atoms with E-state index in [1.54, 1.807) is 29.6 Å². The van der Waals surface area contributed by atoms with E-state index in [2.05, 4.69) is 0 Å². The fraction of sp³-hybridized carbons (Fsp3) is 0.500. The van der Waals surface area contributed by atoms with Crippen molar-refractivity contribution in [3.63, 3.8) is 0 Å². The molecule has 1 aromatic carbocycles. The van der Waals surface area contributed by atoms with E-state index in [-0.39, 0.29) is 11.6 Å². The zero-order chi connectivity index (χ0) is 22.2. The number of benzene rings is 1. The summed E-state index contributed by atoms with van der Waals surface area (Å²) in [4.78, 5) is 2.04. The third-order valence-electron chi connectivity index (χ3n) is 5.47. The molecule has 1 saturated heterocycles. The zero-order valence-corrected chi connectivity index (χ0v) is 18.4.